The van der Waals surface area contributed by atoms with Crippen molar-refractivity contribution in [2.45, 2.75) is 6.29 Å². The van der Waals surface area contributed by atoms with Crippen molar-refractivity contribution in [2.75, 3.05) is 0 Å². The fourth-order valence-electron chi connectivity index (χ4n) is 1.41. The summed E-state index contributed by atoms with van der Waals surface area (Å²) in [4.78, 5) is 0. The van der Waals surface area contributed by atoms with Crippen LogP contribution in [0.1, 0.15) is 17.4 Å². The zero-order valence-electron chi connectivity index (χ0n) is 7.15. The standard InChI is InChI=1S/C9H4Cl4O2/c1-2-3-4(9(14)15-2)6(11)8(13)7(12)5(3)10/h9,14H,1H2. The van der Waals surface area contributed by atoms with Crippen molar-refractivity contribution in [1.82, 2.24) is 0 Å². The van der Waals surface area contributed by atoms with Crippen molar-refractivity contribution in [3.8, 4) is 0 Å². The smallest absolute Gasteiger partial charge is 0.226 e. The van der Waals surface area contributed by atoms with Crippen LogP contribution in [0.15, 0.2) is 6.58 Å². The van der Waals surface area contributed by atoms with Crippen LogP contribution < -0.4 is 0 Å². The van der Waals surface area contributed by atoms with E-state index in [9.17, 15) is 5.11 Å². The summed E-state index contributed by atoms with van der Waals surface area (Å²) in [5.74, 6) is 0.225. The first-order valence-electron chi connectivity index (χ1n) is 3.85. The lowest BCUT2D eigenvalue weighted by molar-refractivity contribution is -0.0291. The minimum Gasteiger partial charge on any atom is -0.461 e. The van der Waals surface area contributed by atoms with Crippen LogP contribution in [0.3, 0.4) is 0 Å². The molecule has 0 aromatic heterocycles. The van der Waals surface area contributed by atoms with Gasteiger partial charge >= 0.3 is 0 Å². The van der Waals surface area contributed by atoms with Crippen molar-refractivity contribution >= 4 is 52.2 Å². The van der Waals surface area contributed by atoms with Gasteiger partial charge in [-0.05, 0) is 0 Å². The molecule has 15 heavy (non-hydrogen) atoms. The van der Waals surface area contributed by atoms with E-state index < -0.39 is 6.29 Å². The molecule has 0 radical (unpaired) electrons. The summed E-state index contributed by atoms with van der Waals surface area (Å²) < 4.78 is 4.98. The molecule has 1 aromatic carbocycles. The molecule has 1 atom stereocenters. The van der Waals surface area contributed by atoms with E-state index in [0.717, 1.165) is 0 Å². The van der Waals surface area contributed by atoms with Crippen LogP contribution in [0.5, 0.6) is 0 Å². The molecule has 0 saturated heterocycles. The van der Waals surface area contributed by atoms with Crippen LogP contribution >= 0.6 is 46.4 Å². The second kappa shape index (κ2) is 3.72. The maximum absolute atomic E-state index is 9.54. The van der Waals surface area contributed by atoms with Gasteiger partial charge in [-0.1, -0.05) is 53.0 Å². The molecule has 0 aliphatic carbocycles. The van der Waals surface area contributed by atoms with Gasteiger partial charge in [0, 0.05) is 5.56 Å². The van der Waals surface area contributed by atoms with Gasteiger partial charge in [-0.3, -0.25) is 0 Å². The minimum atomic E-state index is -1.20. The van der Waals surface area contributed by atoms with E-state index in [0.29, 0.717) is 11.1 Å². The highest BCUT2D eigenvalue weighted by Gasteiger charge is 2.33. The molecule has 2 rings (SSSR count). The normalized spacial score (nSPS) is 19.0. The summed E-state index contributed by atoms with van der Waals surface area (Å²) in [6, 6.07) is 0. The first-order valence-corrected chi connectivity index (χ1v) is 5.36. The zero-order valence-corrected chi connectivity index (χ0v) is 10.2. The van der Waals surface area contributed by atoms with E-state index >= 15 is 0 Å². The molecular formula is C9H4Cl4O2. The molecule has 0 saturated carbocycles. The molecular weight excluding hydrogens is 282 g/mol. The third-order valence-corrected chi connectivity index (χ3v) is 3.90. The molecule has 1 aromatic rings. The monoisotopic (exact) mass is 284 g/mol. The number of hydrogen-bond acceptors (Lipinski definition) is 2. The molecule has 1 aliphatic heterocycles. The molecule has 2 nitrogen and oxygen atoms in total. The lowest BCUT2D eigenvalue weighted by Crippen LogP contribution is -1.95. The highest BCUT2D eigenvalue weighted by molar-refractivity contribution is 6.52. The first-order chi connectivity index (χ1) is 6.95. The van der Waals surface area contributed by atoms with Crippen molar-refractivity contribution in [3.63, 3.8) is 0 Å². The van der Waals surface area contributed by atoms with Gasteiger partial charge in [0.05, 0.1) is 25.7 Å². The minimum absolute atomic E-state index is 0.0967. The Morgan fingerprint density at radius 1 is 1.00 bits per heavy atom. The Morgan fingerprint density at radius 3 is 2.13 bits per heavy atom. The predicted molar refractivity (Wildman–Crippen MR) is 61.6 cm³/mol. The molecule has 0 fully saturated rings. The van der Waals surface area contributed by atoms with Gasteiger partial charge in [0.1, 0.15) is 5.76 Å². The Labute approximate surface area is 106 Å². The van der Waals surface area contributed by atoms with Crippen molar-refractivity contribution in [2.24, 2.45) is 0 Å². The molecule has 0 spiro atoms. The molecule has 1 aliphatic rings. The molecule has 6 heteroatoms. The number of halogens is 4. The Balaban J connectivity index is 2.86. The number of benzene rings is 1. The summed E-state index contributed by atoms with van der Waals surface area (Å²) in [5.41, 5.74) is 0.713. The third kappa shape index (κ3) is 1.52. The first kappa shape index (κ1) is 11.4. The molecule has 1 heterocycles. The third-order valence-electron chi connectivity index (χ3n) is 2.08. The Hall–Kier alpha value is -0.120. The average Bonchev–Trinajstić information content (AvgIpc) is 2.47. The number of fused-ring (bicyclic) bond motifs is 1. The quantitative estimate of drug-likeness (QED) is 0.569. The van der Waals surface area contributed by atoms with Gasteiger partial charge in [0.2, 0.25) is 6.29 Å². The summed E-state index contributed by atoms with van der Waals surface area (Å²) in [6.45, 7) is 3.59. The Bertz CT molecular complexity index is 470. The average molecular weight is 286 g/mol. The summed E-state index contributed by atoms with van der Waals surface area (Å²) in [7, 11) is 0. The Morgan fingerprint density at radius 2 is 1.53 bits per heavy atom. The van der Waals surface area contributed by atoms with E-state index in [1.807, 2.05) is 0 Å². The van der Waals surface area contributed by atoms with E-state index in [-0.39, 0.29) is 25.8 Å². The van der Waals surface area contributed by atoms with Crippen LogP contribution in [-0.2, 0) is 4.74 Å². The summed E-state index contributed by atoms with van der Waals surface area (Å²) in [6.07, 6.45) is -1.20. The summed E-state index contributed by atoms with van der Waals surface area (Å²) in [5, 5.41) is 10.1. The topological polar surface area (TPSA) is 29.5 Å². The lowest BCUT2D eigenvalue weighted by atomic mass is 10.1. The van der Waals surface area contributed by atoms with Gasteiger partial charge in [0.25, 0.3) is 0 Å². The molecule has 1 N–H and O–H groups in total. The van der Waals surface area contributed by atoms with Gasteiger partial charge in [-0.15, -0.1) is 0 Å². The number of rotatable bonds is 0. The van der Waals surface area contributed by atoms with Crippen LogP contribution in [0.25, 0.3) is 5.76 Å². The van der Waals surface area contributed by atoms with E-state index in [4.69, 9.17) is 51.1 Å². The maximum Gasteiger partial charge on any atom is 0.226 e. The highest BCUT2D eigenvalue weighted by atomic mass is 35.5. The van der Waals surface area contributed by atoms with Gasteiger partial charge in [-0.2, -0.15) is 0 Å². The molecule has 80 valence electrons. The van der Waals surface area contributed by atoms with Crippen LogP contribution in [0, 0.1) is 0 Å². The van der Waals surface area contributed by atoms with Gasteiger partial charge < -0.3 is 9.84 Å². The largest absolute Gasteiger partial charge is 0.461 e. The van der Waals surface area contributed by atoms with Crippen molar-refractivity contribution in [1.29, 1.82) is 0 Å². The fraction of sp³-hybridized carbons (Fsp3) is 0.111. The van der Waals surface area contributed by atoms with Crippen molar-refractivity contribution < 1.29 is 9.84 Å². The van der Waals surface area contributed by atoms with Gasteiger partial charge in [-0.25, -0.2) is 0 Å². The van der Waals surface area contributed by atoms with Crippen LogP contribution in [0.4, 0.5) is 0 Å². The van der Waals surface area contributed by atoms with E-state index in [1.165, 1.54) is 0 Å². The second-order valence-electron chi connectivity index (χ2n) is 2.94. The van der Waals surface area contributed by atoms with Gasteiger partial charge in [0.15, 0.2) is 0 Å². The molecule has 1 unspecified atom stereocenters. The highest BCUT2D eigenvalue weighted by Crippen LogP contribution is 2.50. The summed E-state index contributed by atoms with van der Waals surface area (Å²) >= 11 is 23.6. The predicted octanol–water partition coefficient (Wildman–Crippen LogP) is 4.29. The number of aliphatic hydroxyl groups excluding tert-OH is 1. The maximum atomic E-state index is 9.54. The van der Waals surface area contributed by atoms with E-state index in [2.05, 4.69) is 6.58 Å². The molecule has 0 amide bonds. The second-order valence-corrected chi connectivity index (χ2v) is 4.45. The fourth-order valence-corrected chi connectivity index (χ4v) is 2.47. The number of aliphatic hydroxyl groups is 1. The lowest BCUT2D eigenvalue weighted by Gasteiger charge is -2.08. The van der Waals surface area contributed by atoms with Crippen molar-refractivity contribution in [3.05, 3.63) is 37.8 Å². The Kier molecular flexibility index (Phi) is 2.82. The molecule has 0 bridgehead atoms. The van der Waals surface area contributed by atoms with Crippen LogP contribution in [-0.4, -0.2) is 5.11 Å². The number of ether oxygens (including phenoxy) is 1. The number of hydrogen-bond donors (Lipinski definition) is 1. The van der Waals surface area contributed by atoms with E-state index in [1.54, 1.807) is 0 Å². The SMILES string of the molecule is C=C1OC(O)c2c(Cl)c(Cl)c(Cl)c(Cl)c21. The van der Waals surface area contributed by atoms with Crippen LogP contribution in [0.2, 0.25) is 20.1 Å². The zero-order chi connectivity index (χ0) is 11.3.